The van der Waals surface area contributed by atoms with E-state index in [1.807, 2.05) is 32.1 Å². The van der Waals surface area contributed by atoms with Gasteiger partial charge < -0.3 is 49.0 Å². The number of aliphatic hydroxyl groups is 4. The summed E-state index contributed by atoms with van der Waals surface area (Å²) in [5.74, 6) is -5.88. The van der Waals surface area contributed by atoms with Gasteiger partial charge in [-0.25, -0.2) is 4.79 Å². The molecule has 4 rings (SSSR count). The molecule has 4 N–H and O–H groups in total. The molecule has 342 valence electrons. The second kappa shape index (κ2) is 23.3. The second-order valence-corrected chi connectivity index (χ2v) is 18.4. The van der Waals surface area contributed by atoms with Gasteiger partial charge in [-0.2, -0.15) is 0 Å². The zero-order chi connectivity index (χ0) is 44.3. The Kier molecular flexibility index (Phi) is 19.5. The molecule has 1 unspecified atom stereocenters. The van der Waals surface area contributed by atoms with Crippen molar-refractivity contribution >= 4 is 17.7 Å². The van der Waals surface area contributed by atoms with Gasteiger partial charge in [0, 0.05) is 52.0 Å². The molecule has 1 aliphatic carbocycles. The minimum absolute atomic E-state index is 0.00308. The third-order valence-electron chi connectivity index (χ3n) is 13.6. The van der Waals surface area contributed by atoms with E-state index in [0.717, 1.165) is 18.4 Å². The number of amides is 1. The number of piperidine rings is 1. The Hall–Kier alpha value is -2.49. The number of cyclic esters (lactones) is 1. The van der Waals surface area contributed by atoms with Crippen LogP contribution in [0.1, 0.15) is 125 Å². The summed E-state index contributed by atoms with van der Waals surface area (Å²) in [4.78, 5) is 44.3. The number of esters is 1. The highest BCUT2D eigenvalue weighted by molar-refractivity contribution is 5.88. The topological polar surface area (TPSA) is 182 Å². The second-order valence-electron chi connectivity index (χ2n) is 18.4. The maximum Gasteiger partial charge on any atom is 0.329 e. The Balaban J connectivity index is 1.79. The highest BCUT2D eigenvalue weighted by Gasteiger charge is 2.56. The van der Waals surface area contributed by atoms with Crippen molar-refractivity contribution in [1.29, 1.82) is 0 Å². The summed E-state index contributed by atoms with van der Waals surface area (Å²) < 4.78 is 30.1. The maximum atomic E-state index is 14.4. The maximum absolute atomic E-state index is 14.4. The van der Waals surface area contributed by atoms with Gasteiger partial charge in [0.05, 0.1) is 30.5 Å². The van der Waals surface area contributed by atoms with Crippen LogP contribution < -0.4 is 0 Å². The molecule has 2 bridgehead atoms. The summed E-state index contributed by atoms with van der Waals surface area (Å²) in [6, 6.07) is -1.08. The Labute approximate surface area is 358 Å². The average molecular weight is 848 g/mol. The summed E-state index contributed by atoms with van der Waals surface area (Å²) in [7, 11) is 4.69. The van der Waals surface area contributed by atoms with E-state index in [1.54, 1.807) is 35.2 Å². The number of carbonyl (C=O) groups is 3. The lowest BCUT2D eigenvalue weighted by atomic mass is 9.81. The monoisotopic (exact) mass is 848 g/mol. The highest BCUT2D eigenvalue weighted by Crippen LogP contribution is 2.40. The van der Waals surface area contributed by atoms with Crippen molar-refractivity contribution in [1.82, 2.24) is 4.90 Å². The molecular weight excluding hydrogens is 771 g/mol. The number of methoxy groups -OCH3 is 3. The molecule has 1 saturated carbocycles. The Bertz CT molecular complexity index is 1500. The van der Waals surface area contributed by atoms with Gasteiger partial charge in [-0.1, -0.05) is 64.0 Å². The van der Waals surface area contributed by atoms with Crippen LogP contribution in [0.15, 0.2) is 35.5 Å². The van der Waals surface area contributed by atoms with Crippen molar-refractivity contribution in [2.45, 2.75) is 186 Å². The van der Waals surface area contributed by atoms with E-state index in [4.69, 9.17) is 23.7 Å². The molecule has 60 heavy (non-hydrogen) atoms. The minimum Gasteiger partial charge on any atom is -0.456 e. The zero-order valence-electron chi connectivity index (χ0n) is 37.8. The first-order valence-electron chi connectivity index (χ1n) is 22.6. The third kappa shape index (κ3) is 12.6. The molecule has 13 nitrogen and oxygen atoms in total. The number of aliphatic hydroxyl groups excluding tert-OH is 3. The van der Waals surface area contributed by atoms with Gasteiger partial charge in [-0.05, 0) is 102 Å². The Morgan fingerprint density at radius 1 is 0.900 bits per heavy atom. The molecule has 0 radical (unpaired) electrons. The first-order chi connectivity index (χ1) is 28.5. The first-order valence-corrected chi connectivity index (χ1v) is 22.6. The zero-order valence-corrected chi connectivity index (χ0v) is 37.8. The fourth-order valence-corrected chi connectivity index (χ4v) is 9.92. The van der Waals surface area contributed by atoms with Crippen molar-refractivity contribution < 1.29 is 58.5 Å². The highest BCUT2D eigenvalue weighted by atomic mass is 16.7. The van der Waals surface area contributed by atoms with E-state index in [-0.39, 0.29) is 49.5 Å². The van der Waals surface area contributed by atoms with Crippen LogP contribution in [0.5, 0.6) is 0 Å². The van der Waals surface area contributed by atoms with Crippen LogP contribution in [-0.2, 0) is 38.1 Å². The smallest absolute Gasteiger partial charge is 0.329 e. The van der Waals surface area contributed by atoms with Crippen molar-refractivity contribution in [3.8, 4) is 0 Å². The number of fused-ring (bicyclic) bond motifs is 3. The lowest BCUT2D eigenvalue weighted by Crippen LogP contribution is -2.66. The van der Waals surface area contributed by atoms with Crippen molar-refractivity contribution in [3.05, 3.63) is 35.5 Å². The molecule has 1 amide bonds. The van der Waals surface area contributed by atoms with E-state index < -0.39 is 84.2 Å². The predicted molar refractivity (Wildman–Crippen MR) is 227 cm³/mol. The van der Waals surface area contributed by atoms with E-state index in [9.17, 15) is 34.8 Å². The number of allylic oxidation sites excluding steroid dienone is 5. The summed E-state index contributed by atoms with van der Waals surface area (Å²) in [6.45, 7) is 11.6. The summed E-state index contributed by atoms with van der Waals surface area (Å²) >= 11 is 0. The van der Waals surface area contributed by atoms with Crippen LogP contribution in [0.3, 0.4) is 0 Å². The van der Waals surface area contributed by atoms with Gasteiger partial charge in [-0.3, -0.25) is 9.59 Å². The van der Waals surface area contributed by atoms with Gasteiger partial charge in [0.15, 0.2) is 6.10 Å². The number of Topliss-reactive ketones (excluding diaryl/α,β-unsaturated/α-hetero) is 1. The molecule has 3 aliphatic heterocycles. The number of hydrogen-bond acceptors (Lipinski definition) is 12. The number of nitrogens with zero attached hydrogens (tertiary/aromatic N) is 1. The molecule has 0 spiro atoms. The lowest BCUT2D eigenvalue weighted by Gasteiger charge is -2.49. The summed E-state index contributed by atoms with van der Waals surface area (Å²) in [6.07, 6.45) is 7.96. The Morgan fingerprint density at radius 2 is 1.58 bits per heavy atom. The molecular formula is C47H77NO12. The fourth-order valence-electron chi connectivity index (χ4n) is 9.92. The normalized spacial score (nSPS) is 41.0. The number of ether oxygens (including phenoxy) is 5. The van der Waals surface area contributed by atoms with Gasteiger partial charge in [-0.15, -0.1) is 0 Å². The Morgan fingerprint density at radius 3 is 2.25 bits per heavy atom. The van der Waals surface area contributed by atoms with Crippen LogP contribution in [0.2, 0.25) is 0 Å². The SMILES string of the molecule is CCC/C=C/C[C@@H]1/C=C(\C)C[C@H](C)C[C@H](OC)[C@H]2O[C@@](O)(C(O)C(=O)N3CCCC[C@H]3C(=O)O[C@H](/C(C)=C/[C@@H]3CC[C@@H](O)[C@H](OC)C3)[C@H](C)[C@@H](O)CC1=O)[C@H](C)C[C@@H]2OC. The number of carbonyl (C=O) groups excluding carboxylic acids is 3. The molecule has 15 atom stereocenters. The molecule has 13 heteroatoms. The largest absolute Gasteiger partial charge is 0.456 e. The standard InChI is InChI=1S/C47H77NO12/c1-10-11-12-13-16-34-22-28(2)21-29(3)23-40(57-8)43-41(58-9)25-31(5)47(55,60-43)44(52)45(53)48-20-15-14-17-35(48)46(54)59-42(32(6)37(50)27-38(34)51)30(4)24-33-18-19-36(49)39(26-33)56-7/h12-13,22,24,29,31-37,39-44,49-50,52,55H,10-11,14-21,23,25-27H2,1-9H3/b13-12+,28-22+,30-24+/t29-,31+,32+,33-,34+,35-,36+,37-,39+,40-,41-,42+,43+,44?,47+/m0/s1. The summed E-state index contributed by atoms with van der Waals surface area (Å²) in [5, 5.41) is 46.3. The molecule has 0 aromatic rings. The fraction of sp³-hybridized carbons (Fsp3) is 0.809. The van der Waals surface area contributed by atoms with Crippen molar-refractivity contribution in [2.75, 3.05) is 27.9 Å². The van der Waals surface area contributed by atoms with E-state index in [2.05, 4.69) is 19.9 Å². The quantitative estimate of drug-likeness (QED) is 0.167. The van der Waals surface area contributed by atoms with Gasteiger partial charge >= 0.3 is 5.97 Å². The minimum atomic E-state index is -2.32. The first kappa shape index (κ1) is 50.2. The van der Waals surface area contributed by atoms with Gasteiger partial charge in [0.1, 0.15) is 24.0 Å². The number of rotatable bonds is 9. The van der Waals surface area contributed by atoms with Crippen LogP contribution in [0.25, 0.3) is 0 Å². The molecule has 3 fully saturated rings. The lowest BCUT2D eigenvalue weighted by molar-refractivity contribution is -0.346. The van der Waals surface area contributed by atoms with E-state index in [1.165, 1.54) is 4.90 Å². The van der Waals surface area contributed by atoms with Crippen molar-refractivity contribution in [2.24, 2.45) is 29.6 Å². The van der Waals surface area contributed by atoms with Crippen LogP contribution >= 0.6 is 0 Å². The van der Waals surface area contributed by atoms with E-state index in [0.29, 0.717) is 56.9 Å². The molecule has 4 aliphatic rings. The summed E-state index contributed by atoms with van der Waals surface area (Å²) in [5.41, 5.74) is 1.68. The third-order valence-corrected chi connectivity index (χ3v) is 13.6. The predicted octanol–water partition coefficient (Wildman–Crippen LogP) is 5.60. The van der Waals surface area contributed by atoms with Crippen LogP contribution in [0.4, 0.5) is 0 Å². The van der Waals surface area contributed by atoms with Gasteiger partial charge in [0.25, 0.3) is 5.91 Å². The number of hydrogen-bond donors (Lipinski definition) is 4. The number of unbranched alkanes of at least 4 members (excludes halogenated alkanes) is 1. The average Bonchev–Trinajstić information content (AvgIpc) is 3.23. The number of ketones is 1. The molecule has 3 heterocycles. The van der Waals surface area contributed by atoms with E-state index >= 15 is 0 Å². The van der Waals surface area contributed by atoms with Gasteiger partial charge in [0.2, 0.25) is 5.79 Å². The van der Waals surface area contributed by atoms with Crippen LogP contribution in [-0.4, -0.2) is 132 Å². The molecule has 0 aromatic carbocycles. The van der Waals surface area contributed by atoms with Crippen LogP contribution in [0, 0.1) is 29.6 Å². The molecule has 2 saturated heterocycles. The van der Waals surface area contributed by atoms with Crippen molar-refractivity contribution in [3.63, 3.8) is 0 Å². The molecule has 0 aromatic heterocycles.